The number of anilines is 1. The SMILES string of the molecule is CCNC(=O)N1CC2(CCN(C3CC3)CC2)c2cc(C)ccc21. The maximum Gasteiger partial charge on any atom is 0.321 e. The quantitative estimate of drug-likeness (QED) is 0.911. The lowest BCUT2D eigenvalue weighted by atomic mass is 9.74. The molecule has 0 aromatic heterocycles. The second kappa shape index (κ2) is 5.52. The van der Waals surface area contributed by atoms with Crippen molar-refractivity contribution in [1.82, 2.24) is 10.2 Å². The van der Waals surface area contributed by atoms with E-state index in [1.807, 2.05) is 11.8 Å². The van der Waals surface area contributed by atoms with Crippen LogP contribution in [0.5, 0.6) is 0 Å². The van der Waals surface area contributed by atoms with Crippen molar-refractivity contribution in [3.8, 4) is 0 Å². The number of carbonyl (C=O) groups excluding carboxylic acids is 1. The highest BCUT2D eigenvalue weighted by atomic mass is 16.2. The fraction of sp³-hybridized carbons (Fsp3) is 0.632. The molecule has 23 heavy (non-hydrogen) atoms. The van der Waals surface area contributed by atoms with Crippen molar-refractivity contribution in [2.24, 2.45) is 0 Å². The molecule has 1 spiro atoms. The van der Waals surface area contributed by atoms with Gasteiger partial charge in [0.25, 0.3) is 0 Å². The predicted octanol–water partition coefficient (Wildman–Crippen LogP) is 3.04. The van der Waals surface area contributed by atoms with Crippen LogP contribution in [0.25, 0.3) is 0 Å². The molecular formula is C19H27N3O. The van der Waals surface area contributed by atoms with Crippen molar-refractivity contribution in [1.29, 1.82) is 0 Å². The molecule has 1 aliphatic carbocycles. The van der Waals surface area contributed by atoms with E-state index >= 15 is 0 Å². The Morgan fingerprint density at radius 2 is 2.04 bits per heavy atom. The summed E-state index contributed by atoms with van der Waals surface area (Å²) in [5.74, 6) is 0. The van der Waals surface area contributed by atoms with Gasteiger partial charge in [-0.15, -0.1) is 0 Å². The highest BCUT2D eigenvalue weighted by Gasteiger charge is 2.47. The van der Waals surface area contributed by atoms with Crippen LogP contribution in [-0.4, -0.2) is 43.2 Å². The highest BCUT2D eigenvalue weighted by Crippen LogP contribution is 2.48. The third-order valence-corrected chi connectivity index (χ3v) is 5.87. The maximum absolute atomic E-state index is 12.5. The van der Waals surface area contributed by atoms with E-state index < -0.39 is 0 Å². The van der Waals surface area contributed by atoms with E-state index in [2.05, 4.69) is 35.3 Å². The summed E-state index contributed by atoms with van der Waals surface area (Å²) in [6.45, 7) is 8.02. The summed E-state index contributed by atoms with van der Waals surface area (Å²) in [5, 5.41) is 2.98. The number of hydrogen-bond acceptors (Lipinski definition) is 2. The van der Waals surface area contributed by atoms with Gasteiger partial charge in [0.2, 0.25) is 0 Å². The van der Waals surface area contributed by atoms with Gasteiger partial charge in [-0.1, -0.05) is 17.7 Å². The summed E-state index contributed by atoms with van der Waals surface area (Å²) < 4.78 is 0. The molecule has 124 valence electrons. The molecule has 0 bridgehead atoms. The Hall–Kier alpha value is -1.55. The van der Waals surface area contributed by atoms with Gasteiger partial charge >= 0.3 is 6.03 Å². The zero-order valence-electron chi connectivity index (χ0n) is 14.3. The number of carbonyl (C=O) groups is 1. The molecule has 1 aromatic carbocycles. The van der Waals surface area contributed by atoms with Crippen molar-refractivity contribution in [3.63, 3.8) is 0 Å². The molecule has 0 radical (unpaired) electrons. The lowest BCUT2D eigenvalue weighted by molar-refractivity contribution is 0.159. The number of nitrogens with one attached hydrogen (secondary N) is 1. The molecule has 4 heteroatoms. The summed E-state index contributed by atoms with van der Waals surface area (Å²) >= 11 is 0. The van der Waals surface area contributed by atoms with Crippen LogP contribution in [0.4, 0.5) is 10.5 Å². The number of amides is 2. The van der Waals surface area contributed by atoms with Crippen molar-refractivity contribution in [2.45, 2.75) is 51.0 Å². The third kappa shape index (κ3) is 2.53. The lowest BCUT2D eigenvalue weighted by Crippen LogP contribution is -2.48. The van der Waals surface area contributed by atoms with Gasteiger partial charge in [0.1, 0.15) is 0 Å². The van der Waals surface area contributed by atoms with E-state index in [-0.39, 0.29) is 11.4 Å². The summed E-state index contributed by atoms with van der Waals surface area (Å²) in [6, 6.07) is 7.50. The third-order valence-electron chi connectivity index (χ3n) is 5.87. The molecule has 1 saturated carbocycles. The number of piperidine rings is 1. The highest BCUT2D eigenvalue weighted by molar-refractivity contribution is 5.95. The van der Waals surface area contributed by atoms with E-state index in [1.54, 1.807) is 0 Å². The Labute approximate surface area is 138 Å². The molecule has 2 amide bonds. The van der Waals surface area contributed by atoms with Gasteiger partial charge in [0, 0.05) is 30.2 Å². The molecule has 3 aliphatic rings. The number of urea groups is 1. The molecule has 2 aliphatic heterocycles. The van der Waals surface area contributed by atoms with E-state index in [0.29, 0.717) is 6.54 Å². The number of rotatable bonds is 2. The minimum atomic E-state index is 0.0547. The average Bonchev–Trinajstić information content (AvgIpc) is 3.34. The van der Waals surface area contributed by atoms with Gasteiger partial charge in [-0.2, -0.15) is 0 Å². The second-order valence-electron chi connectivity index (χ2n) is 7.49. The predicted molar refractivity (Wildman–Crippen MR) is 93.1 cm³/mol. The molecule has 0 unspecified atom stereocenters. The molecule has 2 heterocycles. The normalized spacial score (nSPS) is 23.1. The maximum atomic E-state index is 12.5. The number of hydrogen-bond donors (Lipinski definition) is 1. The van der Waals surface area contributed by atoms with Gasteiger partial charge in [-0.05, 0) is 64.3 Å². The van der Waals surface area contributed by atoms with Gasteiger partial charge in [-0.25, -0.2) is 4.79 Å². The van der Waals surface area contributed by atoms with Crippen molar-refractivity contribution >= 4 is 11.7 Å². The Morgan fingerprint density at radius 1 is 1.30 bits per heavy atom. The Morgan fingerprint density at radius 3 is 2.70 bits per heavy atom. The number of benzene rings is 1. The van der Waals surface area contributed by atoms with E-state index in [1.165, 1.54) is 49.9 Å². The first kappa shape index (κ1) is 15.0. The average molecular weight is 313 g/mol. The Bertz CT molecular complexity index is 615. The Kier molecular flexibility index (Phi) is 3.60. The number of aryl methyl sites for hydroxylation is 1. The summed E-state index contributed by atoms with van der Waals surface area (Å²) in [4.78, 5) is 17.1. The molecule has 1 N–H and O–H groups in total. The molecule has 2 fully saturated rings. The van der Waals surface area contributed by atoms with Gasteiger partial charge < -0.3 is 10.2 Å². The van der Waals surface area contributed by atoms with Crippen LogP contribution >= 0.6 is 0 Å². The van der Waals surface area contributed by atoms with Crippen LogP contribution < -0.4 is 10.2 Å². The van der Waals surface area contributed by atoms with Crippen LogP contribution in [0.15, 0.2) is 18.2 Å². The van der Waals surface area contributed by atoms with Gasteiger partial charge in [0.05, 0.1) is 0 Å². The monoisotopic (exact) mass is 313 g/mol. The fourth-order valence-corrected chi connectivity index (χ4v) is 4.40. The summed E-state index contributed by atoms with van der Waals surface area (Å²) in [5.41, 5.74) is 3.99. The number of fused-ring (bicyclic) bond motifs is 2. The zero-order valence-corrected chi connectivity index (χ0v) is 14.3. The molecule has 1 saturated heterocycles. The van der Waals surface area contributed by atoms with Crippen molar-refractivity contribution in [2.75, 3.05) is 31.1 Å². The zero-order chi connectivity index (χ0) is 16.0. The van der Waals surface area contributed by atoms with Crippen LogP contribution in [0.1, 0.15) is 43.7 Å². The minimum Gasteiger partial charge on any atom is -0.338 e. The van der Waals surface area contributed by atoms with E-state index in [4.69, 9.17) is 0 Å². The topological polar surface area (TPSA) is 35.6 Å². The largest absolute Gasteiger partial charge is 0.338 e. The first-order valence-electron chi connectivity index (χ1n) is 9.03. The molecule has 4 nitrogen and oxygen atoms in total. The minimum absolute atomic E-state index is 0.0547. The van der Waals surface area contributed by atoms with E-state index in [9.17, 15) is 4.79 Å². The molecule has 4 rings (SSSR count). The van der Waals surface area contributed by atoms with Crippen LogP contribution in [0.3, 0.4) is 0 Å². The van der Waals surface area contributed by atoms with Gasteiger partial charge in [0.15, 0.2) is 0 Å². The molecule has 1 aromatic rings. The van der Waals surface area contributed by atoms with Crippen LogP contribution in [-0.2, 0) is 5.41 Å². The first-order chi connectivity index (χ1) is 11.1. The number of nitrogens with zero attached hydrogens (tertiary/aromatic N) is 2. The van der Waals surface area contributed by atoms with Gasteiger partial charge in [-0.3, -0.25) is 4.90 Å². The number of likely N-dealkylation sites (tertiary alicyclic amines) is 1. The van der Waals surface area contributed by atoms with Crippen molar-refractivity contribution < 1.29 is 4.79 Å². The Balaban J connectivity index is 1.63. The second-order valence-corrected chi connectivity index (χ2v) is 7.49. The first-order valence-corrected chi connectivity index (χ1v) is 9.03. The standard InChI is InChI=1S/C19H27N3O/c1-3-20-18(23)22-13-19(16-12-14(2)4-7-17(16)22)8-10-21(11-9-19)15-5-6-15/h4,7,12,15H,3,5-6,8-11,13H2,1-2H3,(H,20,23). The summed E-state index contributed by atoms with van der Waals surface area (Å²) in [6.07, 6.45) is 5.12. The lowest BCUT2D eigenvalue weighted by Gasteiger charge is -2.40. The molecular weight excluding hydrogens is 286 g/mol. The fourth-order valence-electron chi connectivity index (χ4n) is 4.40. The van der Waals surface area contributed by atoms with Crippen molar-refractivity contribution in [3.05, 3.63) is 29.3 Å². The smallest absolute Gasteiger partial charge is 0.321 e. The molecule has 0 atom stereocenters. The van der Waals surface area contributed by atoms with E-state index in [0.717, 1.165) is 18.3 Å². The van der Waals surface area contributed by atoms with Crippen LogP contribution in [0.2, 0.25) is 0 Å². The van der Waals surface area contributed by atoms with Crippen LogP contribution in [0, 0.1) is 6.92 Å². The summed E-state index contributed by atoms with van der Waals surface area (Å²) in [7, 11) is 0.